The number of hydrogen-bond acceptors (Lipinski definition) is 7. The van der Waals surface area contributed by atoms with Crippen LogP contribution in [0.3, 0.4) is 0 Å². The van der Waals surface area contributed by atoms with Crippen molar-refractivity contribution < 1.29 is 22.7 Å². The Morgan fingerprint density at radius 3 is 2.62 bits per heavy atom. The Labute approximate surface area is 194 Å². The molecule has 0 spiro atoms. The lowest BCUT2D eigenvalue weighted by Crippen LogP contribution is -2.30. The molecule has 2 N–H and O–H groups in total. The van der Waals surface area contributed by atoms with Crippen molar-refractivity contribution >= 4 is 44.0 Å². The first-order valence-corrected chi connectivity index (χ1v) is 12.5. The molecule has 11 heteroatoms. The van der Waals surface area contributed by atoms with Crippen molar-refractivity contribution in [2.24, 2.45) is 0 Å². The largest absolute Gasteiger partial charge is 0.486 e. The first kappa shape index (κ1) is 22.5. The van der Waals surface area contributed by atoms with Crippen LogP contribution in [0.25, 0.3) is 11.3 Å². The maximum Gasteiger partial charge on any atom is 0.259 e. The van der Waals surface area contributed by atoms with Gasteiger partial charge in [-0.1, -0.05) is 11.6 Å². The molecule has 0 atom stereocenters. The number of rotatable bonds is 6. The van der Waals surface area contributed by atoms with E-state index < -0.39 is 15.9 Å². The quantitative estimate of drug-likeness (QED) is 0.533. The van der Waals surface area contributed by atoms with Crippen LogP contribution in [-0.4, -0.2) is 38.6 Å². The zero-order valence-electron chi connectivity index (χ0n) is 17.2. The van der Waals surface area contributed by atoms with E-state index in [2.05, 4.69) is 15.0 Å². The summed E-state index contributed by atoms with van der Waals surface area (Å²) >= 11 is 7.40. The highest BCUT2D eigenvalue weighted by atomic mass is 35.5. The molecule has 0 radical (unpaired) electrons. The van der Waals surface area contributed by atoms with Gasteiger partial charge in [-0.25, -0.2) is 18.1 Å². The van der Waals surface area contributed by atoms with Gasteiger partial charge >= 0.3 is 0 Å². The van der Waals surface area contributed by atoms with Crippen LogP contribution < -0.4 is 19.5 Å². The van der Waals surface area contributed by atoms with Gasteiger partial charge in [0.15, 0.2) is 16.6 Å². The molecular formula is C21H20ClN3O5S2. The molecule has 1 aromatic heterocycles. The Balaban J connectivity index is 1.54. The number of fused-ring (bicyclic) bond motifs is 1. The van der Waals surface area contributed by atoms with Crippen LogP contribution in [0.15, 0.2) is 46.7 Å². The van der Waals surface area contributed by atoms with Gasteiger partial charge < -0.3 is 9.47 Å². The van der Waals surface area contributed by atoms with Gasteiger partial charge in [0.2, 0.25) is 10.0 Å². The van der Waals surface area contributed by atoms with Gasteiger partial charge in [-0.15, -0.1) is 11.3 Å². The van der Waals surface area contributed by atoms with Gasteiger partial charge in [0.25, 0.3) is 5.91 Å². The Hall–Kier alpha value is -2.66. The van der Waals surface area contributed by atoms with Crippen molar-refractivity contribution in [2.75, 3.05) is 18.5 Å². The summed E-state index contributed by atoms with van der Waals surface area (Å²) in [4.78, 5) is 17.2. The van der Waals surface area contributed by atoms with E-state index in [4.69, 9.17) is 21.1 Å². The zero-order valence-corrected chi connectivity index (χ0v) is 19.6. The average Bonchev–Trinajstić information content (AvgIpc) is 3.21. The second-order valence-corrected chi connectivity index (χ2v) is 10.2. The van der Waals surface area contributed by atoms with Crippen LogP contribution in [0.4, 0.5) is 5.13 Å². The highest BCUT2D eigenvalue weighted by Gasteiger charge is 2.21. The van der Waals surface area contributed by atoms with E-state index in [-0.39, 0.29) is 21.5 Å². The number of aromatic nitrogens is 1. The average molecular weight is 494 g/mol. The minimum atomic E-state index is -3.77. The fourth-order valence-corrected chi connectivity index (χ4v) is 5.25. The molecular weight excluding hydrogens is 474 g/mol. The summed E-state index contributed by atoms with van der Waals surface area (Å²) in [6.45, 7) is 4.42. The standard InChI is InChI=1S/C21H20ClN3O5S2/c1-12(2)25-32(27,28)14-4-5-16(22)15(10-14)20(26)24-21-23-17(11-31-21)13-3-6-18-19(9-13)30-8-7-29-18/h3-6,9-12,25H,7-8H2,1-2H3,(H,23,24,26). The Bertz CT molecular complexity index is 1270. The molecule has 0 bridgehead atoms. The van der Waals surface area contributed by atoms with Crippen molar-refractivity contribution in [3.8, 4) is 22.8 Å². The van der Waals surface area contributed by atoms with E-state index in [0.717, 1.165) is 5.56 Å². The third-order valence-corrected chi connectivity index (χ3v) is 7.19. The van der Waals surface area contributed by atoms with E-state index in [1.165, 1.54) is 29.5 Å². The lowest BCUT2D eigenvalue weighted by molar-refractivity contribution is 0.102. The molecule has 0 unspecified atom stereocenters. The fourth-order valence-electron chi connectivity index (χ4n) is 3.05. The zero-order chi connectivity index (χ0) is 22.9. The third kappa shape index (κ3) is 4.88. The summed E-state index contributed by atoms with van der Waals surface area (Å²) in [6.07, 6.45) is 0. The van der Waals surface area contributed by atoms with Gasteiger partial charge in [0.05, 0.1) is 21.2 Å². The molecule has 0 saturated carbocycles. The van der Waals surface area contributed by atoms with Gasteiger partial charge in [0.1, 0.15) is 13.2 Å². The number of carbonyl (C=O) groups is 1. The molecule has 32 heavy (non-hydrogen) atoms. The molecule has 0 saturated heterocycles. The summed E-state index contributed by atoms with van der Waals surface area (Å²) in [6, 6.07) is 9.21. The predicted octanol–water partition coefficient (Wildman–Crippen LogP) is 4.17. The van der Waals surface area contributed by atoms with Crippen LogP contribution in [0, 0.1) is 0 Å². The second kappa shape index (κ2) is 9.07. The van der Waals surface area contributed by atoms with Crippen LogP contribution in [0.1, 0.15) is 24.2 Å². The number of thiazole rings is 1. The topological polar surface area (TPSA) is 107 Å². The Morgan fingerprint density at radius 2 is 1.88 bits per heavy atom. The van der Waals surface area contributed by atoms with E-state index in [0.29, 0.717) is 35.5 Å². The lowest BCUT2D eigenvalue weighted by atomic mass is 10.1. The Morgan fingerprint density at radius 1 is 1.12 bits per heavy atom. The smallest absolute Gasteiger partial charge is 0.259 e. The summed E-state index contributed by atoms with van der Waals surface area (Å²) in [5.74, 6) is 0.770. The number of hydrogen-bond donors (Lipinski definition) is 2. The van der Waals surface area contributed by atoms with Gasteiger partial charge in [-0.2, -0.15) is 0 Å². The van der Waals surface area contributed by atoms with Crippen LogP contribution in [0.2, 0.25) is 5.02 Å². The molecule has 0 fully saturated rings. The first-order valence-electron chi connectivity index (χ1n) is 9.72. The summed E-state index contributed by atoms with van der Waals surface area (Å²) in [7, 11) is -3.77. The normalized spacial score (nSPS) is 13.2. The third-order valence-electron chi connectivity index (χ3n) is 4.45. The highest BCUT2D eigenvalue weighted by Crippen LogP contribution is 2.35. The molecule has 4 rings (SSSR count). The van der Waals surface area contributed by atoms with Crippen molar-refractivity contribution in [1.82, 2.24) is 9.71 Å². The minimum absolute atomic E-state index is 0.0365. The number of amides is 1. The fraction of sp³-hybridized carbons (Fsp3) is 0.238. The summed E-state index contributed by atoms with van der Waals surface area (Å²) < 4.78 is 38.5. The number of carbonyl (C=O) groups excluding carboxylic acids is 1. The predicted molar refractivity (Wildman–Crippen MR) is 123 cm³/mol. The number of nitrogens with one attached hydrogen (secondary N) is 2. The molecule has 1 aliphatic rings. The number of ether oxygens (including phenoxy) is 2. The van der Waals surface area contributed by atoms with E-state index in [1.807, 2.05) is 18.2 Å². The molecule has 0 aliphatic carbocycles. The van der Waals surface area contributed by atoms with Crippen molar-refractivity contribution in [3.63, 3.8) is 0 Å². The highest BCUT2D eigenvalue weighted by molar-refractivity contribution is 7.89. The van der Waals surface area contributed by atoms with Gasteiger partial charge in [0, 0.05) is 17.0 Å². The monoisotopic (exact) mass is 493 g/mol. The summed E-state index contributed by atoms with van der Waals surface area (Å²) in [5.41, 5.74) is 1.51. The molecule has 168 valence electrons. The molecule has 8 nitrogen and oxygen atoms in total. The lowest BCUT2D eigenvalue weighted by Gasteiger charge is -2.18. The van der Waals surface area contributed by atoms with E-state index >= 15 is 0 Å². The van der Waals surface area contributed by atoms with Crippen LogP contribution >= 0.6 is 22.9 Å². The number of nitrogens with zero attached hydrogens (tertiary/aromatic N) is 1. The molecule has 1 amide bonds. The van der Waals surface area contributed by atoms with E-state index in [1.54, 1.807) is 19.2 Å². The van der Waals surface area contributed by atoms with E-state index in [9.17, 15) is 13.2 Å². The molecule has 2 heterocycles. The molecule has 3 aromatic rings. The molecule has 1 aliphatic heterocycles. The number of halogens is 1. The number of anilines is 1. The van der Waals surface area contributed by atoms with Crippen LogP contribution in [0.5, 0.6) is 11.5 Å². The van der Waals surface area contributed by atoms with Crippen molar-refractivity contribution in [2.45, 2.75) is 24.8 Å². The minimum Gasteiger partial charge on any atom is -0.486 e. The summed E-state index contributed by atoms with van der Waals surface area (Å²) in [5, 5.41) is 4.97. The van der Waals surface area contributed by atoms with Gasteiger partial charge in [-0.3, -0.25) is 10.1 Å². The number of benzene rings is 2. The molecule has 2 aromatic carbocycles. The Kier molecular flexibility index (Phi) is 6.38. The first-order chi connectivity index (χ1) is 15.2. The van der Waals surface area contributed by atoms with Crippen molar-refractivity contribution in [3.05, 3.63) is 52.4 Å². The van der Waals surface area contributed by atoms with Crippen LogP contribution in [-0.2, 0) is 10.0 Å². The number of sulfonamides is 1. The maximum absolute atomic E-state index is 12.8. The second-order valence-electron chi connectivity index (χ2n) is 7.27. The maximum atomic E-state index is 12.8. The van der Waals surface area contributed by atoms with Crippen molar-refractivity contribution in [1.29, 1.82) is 0 Å². The van der Waals surface area contributed by atoms with Gasteiger partial charge in [-0.05, 0) is 50.2 Å². The SMILES string of the molecule is CC(C)NS(=O)(=O)c1ccc(Cl)c(C(=O)Nc2nc(-c3ccc4c(c3)OCCO4)cs2)c1.